The summed E-state index contributed by atoms with van der Waals surface area (Å²) in [6.07, 6.45) is 16.7. The van der Waals surface area contributed by atoms with Gasteiger partial charge in [0.25, 0.3) is 0 Å². The maximum atomic E-state index is 5.36. The number of aromatic nitrogens is 2. The highest BCUT2D eigenvalue weighted by Gasteiger charge is 2.21. The molecule has 0 radical (unpaired) electrons. The van der Waals surface area contributed by atoms with Crippen molar-refractivity contribution in [3.63, 3.8) is 0 Å². The lowest BCUT2D eigenvalue weighted by Gasteiger charge is -2.19. The average Bonchev–Trinajstić information content (AvgIpc) is 3.18. The van der Waals surface area contributed by atoms with E-state index >= 15 is 0 Å². The predicted molar refractivity (Wildman–Crippen MR) is 214 cm³/mol. The van der Waals surface area contributed by atoms with Gasteiger partial charge in [0.1, 0.15) is 0 Å². The maximum Gasteiger partial charge on any atom is 0.159 e. The van der Waals surface area contributed by atoms with Crippen molar-refractivity contribution < 1.29 is 0 Å². The summed E-state index contributed by atoms with van der Waals surface area (Å²) in [7, 11) is 0. The monoisotopic (exact) mass is 646 g/mol. The molecule has 1 aliphatic carbocycles. The van der Waals surface area contributed by atoms with Gasteiger partial charge in [0.2, 0.25) is 0 Å². The lowest BCUT2D eigenvalue weighted by Crippen LogP contribution is -2.05. The number of fused-ring (bicyclic) bond motifs is 3. The van der Waals surface area contributed by atoms with Gasteiger partial charge >= 0.3 is 0 Å². The summed E-state index contributed by atoms with van der Waals surface area (Å²) in [5, 5.41) is 7.40. The van der Waals surface area contributed by atoms with Gasteiger partial charge in [0.15, 0.2) is 5.82 Å². The molecule has 0 fully saturated rings. The van der Waals surface area contributed by atoms with Crippen LogP contribution >= 0.6 is 0 Å². The van der Waals surface area contributed by atoms with Crippen LogP contribution in [0.1, 0.15) is 63.4 Å². The molecule has 0 N–H and O–H groups in total. The van der Waals surface area contributed by atoms with Crippen LogP contribution in [0.15, 0.2) is 152 Å². The molecule has 244 valence electrons. The highest BCUT2D eigenvalue weighted by Crippen LogP contribution is 2.44. The fourth-order valence-corrected chi connectivity index (χ4v) is 7.48. The second-order valence-electron chi connectivity index (χ2n) is 13.4. The SMILES string of the molecule is CCC/C=C\C(CC)c1cc(-c2c3ccccc3c(-c3ccc(-c4ccc5ccccc5c4)cc3)c3ccccc23)nc(C2=CCCC=C2)n1. The number of nitrogens with zero attached hydrogens (tertiary/aromatic N) is 2. The lowest BCUT2D eigenvalue weighted by molar-refractivity contribution is 0.762. The van der Waals surface area contributed by atoms with E-state index < -0.39 is 0 Å². The molecular formula is C48H42N2. The third-order valence-corrected chi connectivity index (χ3v) is 10.1. The van der Waals surface area contributed by atoms with Gasteiger partial charge in [-0.15, -0.1) is 0 Å². The molecule has 1 unspecified atom stereocenters. The third kappa shape index (κ3) is 6.07. The first-order valence-corrected chi connectivity index (χ1v) is 18.2. The van der Waals surface area contributed by atoms with Crippen LogP contribution in [0, 0.1) is 0 Å². The Morgan fingerprint density at radius 3 is 1.92 bits per heavy atom. The summed E-state index contributed by atoms with van der Waals surface area (Å²) >= 11 is 0. The van der Waals surface area contributed by atoms with Crippen LogP contribution < -0.4 is 0 Å². The van der Waals surface area contributed by atoms with E-state index in [2.05, 4.69) is 166 Å². The van der Waals surface area contributed by atoms with Gasteiger partial charge in [-0.2, -0.15) is 0 Å². The second kappa shape index (κ2) is 14.1. The Bertz CT molecular complexity index is 2370. The van der Waals surface area contributed by atoms with Crippen LogP contribution in [-0.4, -0.2) is 9.97 Å². The summed E-state index contributed by atoms with van der Waals surface area (Å²) < 4.78 is 0. The van der Waals surface area contributed by atoms with Crippen molar-refractivity contribution in [2.24, 2.45) is 0 Å². The minimum Gasteiger partial charge on any atom is -0.232 e. The Balaban J connectivity index is 1.31. The number of unbranched alkanes of at least 4 members (excludes halogenated alkanes) is 1. The standard InChI is InChI=1S/C48H42N2/c1-3-5-7-16-33(4-2)44-32-45(50-48(49-44)37-18-8-6-9-19-37)47-42-23-14-12-21-40(42)46(41-22-13-15-24-43(41)47)36-28-25-35(26-29-36)39-30-27-34-17-10-11-20-38(34)31-39/h7-8,10-33H,3-6,9H2,1-2H3/b16-7-. The van der Waals surface area contributed by atoms with E-state index in [0.717, 1.165) is 54.9 Å². The molecule has 1 atom stereocenters. The average molecular weight is 647 g/mol. The van der Waals surface area contributed by atoms with E-state index in [9.17, 15) is 0 Å². The second-order valence-corrected chi connectivity index (χ2v) is 13.4. The molecule has 1 aliphatic rings. The van der Waals surface area contributed by atoms with E-state index in [-0.39, 0.29) is 5.92 Å². The van der Waals surface area contributed by atoms with Gasteiger partial charge in [-0.3, -0.25) is 0 Å². The first kappa shape index (κ1) is 31.7. The van der Waals surface area contributed by atoms with Crippen molar-refractivity contribution in [1.29, 1.82) is 0 Å². The number of benzene rings is 6. The molecule has 1 aromatic heterocycles. The fourth-order valence-electron chi connectivity index (χ4n) is 7.48. The van der Waals surface area contributed by atoms with Gasteiger partial charge in [-0.1, -0.05) is 160 Å². The van der Waals surface area contributed by atoms with Crippen molar-refractivity contribution >= 4 is 37.9 Å². The zero-order valence-electron chi connectivity index (χ0n) is 28.9. The summed E-state index contributed by atoms with van der Waals surface area (Å²) in [5.74, 6) is 1.05. The molecule has 0 spiro atoms. The maximum absolute atomic E-state index is 5.36. The smallest absolute Gasteiger partial charge is 0.159 e. The van der Waals surface area contributed by atoms with Crippen LogP contribution in [0.4, 0.5) is 0 Å². The molecule has 0 saturated heterocycles. The molecule has 0 bridgehead atoms. The molecule has 0 aliphatic heterocycles. The lowest BCUT2D eigenvalue weighted by atomic mass is 9.86. The molecule has 8 rings (SSSR count). The summed E-state index contributed by atoms with van der Waals surface area (Å²) in [6, 6.07) is 44.4. The van der Waals surface area contributed by atoms with Gasteiger partial charge in [-0.25, -0.2) is 9.97 Å². The minimum atomic E-state index is 0.230. The number of hydrogen-bond donors (Lipinski definition) is 0. The van der Waals surface area contributed by atoms with Gasteiger partial charge in [0.05, 0.1) is 11.4 Å². The summed E-state index contributed by atoms with van der Waals surface area (Å²) in [6.45, 7) is 4.49. The van der Waals surface area contributed by atoms with Gasteiger partial charge in [-0.05, 0) is 92.4 Å². The van der Waals surface area contributed by atoms with Gasteiger partial charge < -0.3 is 0 Å². The Morgan fingerprint density at radius 2 is 1.26 bits per heavy atom. The topological polar surface area (TPSA) is 25.8 Å². The highest BCUT2D eigenvalue weighted by atomic mass is 14.9. The molecule has 2 heteroatoms. The van der Waals surface area contributed by atoms with Crippen LogP contribution in [-0.2, 0) is 0 Å². The molecule has 50 heavy (non-hydrogen) atoms. The van der Waals surface area contributed by atoms with E-state index in [4.69, 9.17) is 9.97 Å². The Kier molecular flexibility index (Phi) is 8.92. The van der Waals surface area contributed by atoms with Crippen LogP contribution in [0.3, 0.4) is 0 Å². The largest absolute Gasteiger partial charge is 0.232 e. The van der Waals surface area contributed by atoms with Crippen molar-refractivity contribution in [2.75, 3.05) is 0 Å². The third-order valence-electron chi connectivity index (χ3n) is 10.1. The van der Waals surface area contributed by atoms with Crippen LogP contribution in [0.25, 0.3) is 71.4 Å². The molecule has 1 heterocycles. The summed E-state index contributed by atoms with van der Waals surface area (Å²) in [5.41, 5.74) is 9.27. The zero-order chi connectivity index (χ0) is 33.9. The Morgan fingerprint density at radius 1 is 0.620 bits per heavy atom. The van der Waals surface area contributed by atoms with Crippen molar-refractivity contribution in [1.82, 2.24) is 9.97 Å². The minimum absolute atomic E-state index is 0.230. The molecule has 2 nitrogen and oxygen atoms in total. The van der Waals surface area contributed by atoms with E-state index in [1.165, 1.54) is 60.1 Å². The first-order valence-electron chi connectivity index (χ1n) is 18.2. The number of rotatable bonds is 9. The number of hydrogen-bond acceptors (Lipinski definition) is 2. The van der Waals surface area contributed by atoms with Crippen molar-refractivity contribution in [3.8, 4) is 33.5 Å². The Labute approximate surface area is 295 Å². The molecule has 0 saturated carbocycles. The van der Waals surface area contributed by atoms with Crippen LogP contribution in [0.2, 0.25) is 0 Å². The van der Waals surface area contributed by atoms with E-state index in [0.29, 0.717) is 0 Å². The van der Waals surface area contributed by atoms with Crippen LogP contribution in [0.5, 0.6) is 0 Å². The van der Waals surface area contributed by atoms with E-state index in [1.54, 1.807) is 0 Å². The summed E-state index contributed by atoms with van der Waals surface area (Å²) in [4.78, 5) is 10.6. The van der Waals surface area contributed by atoms with E-state index in [1.807, 2.05) is 0 Å². The van der Waals surface area contributed by atoms with Crippen molar-refractivity contribution in [3.05, 3.63) is 163 Å². The normalized spacial score (nSPS) is 13.8. The number of allylic oxidation sites excluding steroid dienone is 6. The molecule has 7 aromatic rings. The molecular weight excluding hydrogens is 605 g/mol. The first-order chi connectivity index (χ1) is 24.7. The highest BCUT2D eigenvalue weighted by molar-refractivity contribution is 6.21. The zero-order valence-corrected chi connectivity index (χ0v) is 28.9. The van der Waals surface area contributed by atoms with Crippen molar-refractivity contribution in [2.45, 2.75) is 51.9 Å². The quantitative estimate of drug-likeness (QED) is 0.115. The fraction of sp³-hybridized carbons (Fsp3) is 0.167. The predicted octanol–water partition coefficient (Wildman–Crippen LogP) is 13.5. The molecule has 0 amide bonds. The Hall–Kier alpha value is -5.60. The van der Waals surface area contributed by atoms with Gasteiger partial charge in [0, 0.05) is 17.1 Å². The molecule has 6 aromatic carbocycles.